The molecule has 0 spiro atoms. The lowest BCUT2D eigenvalue weighted by molar-refractivity contribution is 0.266. The Balaban J connectivity index is 2.96. The van der Waals surface area contributed by atoms with E-state index in [0.717, 1.165) is 10.9 Å². The minimum absolute atomic E-state index is 0.0493. The molecule has 0 amide bonds. The molecule has 0 saturated heterocycles. The van der Waals surface area contributed by atoms with E-state index in [1.165, 1.54) is 6.20 Å². The molecule has 1 aromatic heterocycles. The van der Waals surface area contributed by atoms with Gasteiger partial charge in [0.1, 0.15) is 5.02 Å². The largest absolute Gasteiger partial charge is 0.394 e. The van der Waals surface area contributed by atoms with Gasteiger partial charge in [-0.1, -0.05) is 11.6 Å². The van der Waals surface area contributed by atoms with Crippen LogP contribution in [0.4, 0.5) is 5.69 Å². The van der Waals surface area contributed by atoms with Crippen LogP contribution in [0.3, 0.4) is 0 Å². The second-order valence-electron chi connectivity index (χ2n) is 5.01. The fourth-order valence-electron chi connectivity index (χ4n) is 1.28. The zero-order valence-electron chi connectivity index (χ0n) is 11.6. The van der Waals surface area contributed by atoms with Gasteiger partial charge in [-0.25, -0.2) is 13.1 Å². The summed E-state index contributed by atoms with van der Waals surface area (Å²) < 4.78 is 23.2. The van der Waals surface area contributed by atoms with Crippen molar-refractivity contribution in [2.75, 3.05) is 24.7 Å². The maximum Gasteiger partial charge on any atom is 0.287 e. The summed E-state index contributed by atoms with van der Waals surface area (Å²) in [7, 11) is -3.25. The van der Waals surface area contributed by atoms with E-state index in [1.54, 1.807) is 13.8 Å². The normalized spacial score (nSPS) is 12.4. The number of rotatable bonds is 6. The van der Waals surface area contributed by atoms with Crippen LogP contribution in [0.1, 0.15) is 13.8 Å². The fourth-order valence-corrected chi connectivity index (χ4v) is 1.83. The molecular weight excluding hydrogens is 306 g/mol. The van der Waals surface area contributed by atoms with Crippen molar-refractivity contribution in [2.24, 2.45) is 0 Å². The Morgan fingerprint density at radius 3 is 2.60 bits per heavy atom. The lowest BCUT2D eigenvalue weighted by Crippen LogP contribution is -2.38. The average molecular weight is 324 g/mol. The summed E-state index contributed by atoms with van der Waals surface area (Å²) in [6.45, 7) is 3.06. The van der Waals surface area contributed by atoms with Crippen LogP contribution in [0.2, 0.25) is 5.02 Å². The molecule has 114 valence electrons. The Labute approximate surface area is 122 Å². The molecular formula is C11H18ClN3O4S. The molecule has 1 heterocycles. The van der Waals surface area contributed by atoms with Crippen LogP contribution in [-0.4, -0.2) is 47.5 Å². The van der Waals surface area contributed by atoms with E-state index >= 15 is 0 Å². The smallest absolute Gasteiger partial charge is 0.287 e. The third kappa shape index (κ3) is 3.71. The summed E-state index contributed by atoms with van der Waals surface area (Å²) in [5.74, 6) is 0. The first-order valence-corrected chi connectivity index (χ1v) is 8.17. The van der Waals surface area contributed by atoms with Crippen LogP contribution in [-0.2, 0) is 16.4 Å². The van der Waals surface area contributed by atoms with Gasteiger partial charge in [0.2, 0.25) is 0 Å². The number of sulfone groups is 1. The van der Waals surface area contributed by atoms with Crippen molar-refractivity contribution >= 4 is 27.1 Å². The van der Waals surface area contributed by atoms with E-state index < -0.39 is 20.1 Å². The highest BCUT2D eigenvalue weighted by Crippen LogP contribution is 2.19. The van der Waals surface area contributed by atoms with Crippen molar-refractivity contribution in [2.45, 2.75) is 25.1 Å². The van der Waals surface area contributed by atoms with Crippen molar-refractivity contribution < 1.29 is 13.5 Å². The molecule has 0 atom stereocenters. The minimum atomic E-state index is -3.25. The Morgan fingerprint density at radius 1 is 1.50 bits per heavy atom. The number of hydrogen-bond donors (Lipinski definition) is 2. The van der Waals surface area contributed by atoms with E-state index in [4.69, 9.17) is 16.7 Å². The van der Waals surface area contributed by atoms with Crippen molar-refractivity contribution in [3.05, 3.63) is 21.6 Å². The summed E-state index contributed by atoms with van der Waals surface area (Å²) in [5, 5.41) is 15.4. The van der Waals surface area contributed by atoms with Crippen LogP contribution in [0, 0.1) is 0 Å². The number of nitrogens with one attached hydrogen (secondary N) is 1. The van der Waals surface area contributed by atoms with Gasteiger partial charge in [0.15, 0.2) is 9.84 Å². The monoisotopic (exact) mass is 323 g/mol. The van der Waals surface area contributed by atoms with E-state index in [9.17, 15) is 13.2 Å². The first-order chi connectivity index (χ1) is 9.10. The van der Waals surface area contributed by atoms with E-state index in [2.05, 4.69) is 10.4 Å². The number of hydrogen-bond acceptors (Lipinski definition) is 6. The third-order valence-electron chi connectivity index (χ3n) is 3.01. The molecule has 0 aliphatic carbocycles. The van der Waals surface area contributed by atoms with Crippen molar-refractivity contribution in [1.82, 2.24) is 9.78 Å². The number of aromatic nitrogens is 2. The highest BCUT2D eigenvalue weighted by atomic mass is 35.5. The highest BCUT2D eigenvalue weighted by Gasteiger charge is 2.30. The number of aliphatic hydroxyl groups excluding tert-OH is 1. The average Bonchev–Trinajstić information content (AvgIpc) is 2.33. The van der Waals surface area contributed by atoms with Crippen LogP contribution in [0.25, 0.3) is 0 Å². The maximum absolute atomic E-state index is 11.8. The quantitative estimate of drug-likeness (QED) is 0.771. The van der Waals surface area contributed by atoms with Gasteiger partial charge in [-0.2, -0.15) is 5.10 Å². The van der Waals surface area contributed by atoms with Gasteiger partial charge < -0.3 is 10.4 Å². The molecule has 0 aliphatic rings. The molecule has 0 aliphatic heterocycles. The van der Waals surface area contributed by atoms with Gasteiger partial charge in [-0.15, -0.1) is 0 Å². The summed E-state index contributed by atoms with van der Waals surface area (Å²) in [6, 6.07) is 0. The summed E-state index contributed by atoms with van der Waals surface area (Å²) in [5.41, 5.74) is -0.273. The molecule has 0 saturated carbocycles. The molecule has 1 rings (SSSR count). The van der Waals surface area contributed by atoms with Crippen molar-refractivity contribution in [1.29, 1.82) is 0 Å². The molecule has 20 heavy (non-hydrogen) atoms. The van der Waals surface area contributed by atoms with E-state index in [0.29, 0.717) is 0 Å². The number of aliphatic hydroxyl groups is 1. The van der Waals surface area contributed by atoms with Crippen LogP contribution >= 0.6 is 11.6 Å². The van der Waals surface area contributed by atoms with Crippen LogP contribution < -0.4 is 10.9 Å². The van der Waals surface area contributed by atoms with Crippen molar-refractivity contribution in [3.63, 3.8) is 0 Å². The summed E-state index contributed by atoms with van der Waals surface area (Å²) in [4.78, 5) is 11.8. The van der Waals surface area contributed by atoms with Crippen LogP contribution in [0.15, 0.2) is 11.0 Å². The van der Waals surface area contributed by atoms with Gasteiger partial charge in [0, 0.05) is 12.8 Å². The Kier molecular flexibility index (Phi) is 5.17. The van der Waals surface area contributed by atoms with E-state index in [-0.39, 0.29) is 30.4 Å². The van der Waals surface area contributed by atoms with Gasteiger partial charge in [0.05, 0.1) is 29.8 Å². The Bertz CT molecular complexity index is 640. The summed E-state index contributed by atoms with van der Waals surface area (Å²) >= 11 is 5.91. The minimum Gasteiger partial charge on any atom is -0.394 e. The highest BCUT2D eigenvalue weighted by molar-refractivity contribution is 7.92. The fraction of sp³-hybridized carbons (Fsp3) is 0.636. The van der Waals surface area contributed by atoms with Gasteiger partial charge in [-0.05, 0) is 13.8 Å². The topological polar surface area (TPSA) is 101 Å². The molecule has 7 nitrogen and oxygen atoms in total. The van der Waals surface area contributed by atoms with Gasteiger partial charge >= 0.3 is 0 Å². The zero-order chi connectivity index (χ0) is 15.6. The van der Waals surface area contributed by atoms with Crippen molar-refractivity contribution in [3.8, 4) is 0 Å². The maximum atomic E-state index is 11.8. The molecule has 2 N–H and O–H groups in total. The molecule has 9 heteroatoms. The van der Waals surface area contributed by atoms with Gasteiger partial charge in [0.25, 0.3) is 5.56 Å². The predicted octanol–water partition coefficient (Wildman–Crippen LogP) is 0.124. The lowest BCUT2D eigenvalue weighted by atomic mass is 10.2. The molecule has 0 aromatic carbocycles. The molecule has 0 unspecified atom stereocenters. The van der Waals surface area contributed by atoms with Crippen LogP contribution in [0.5, 0.6) is 0 Å². The lowest BCUT2D eigenvalue weighted by Gasteiger charge is -2.23. The first-order valence-electron chi connectivity index (χ1n) is 5.90. The number of nitrogens with zero attached hydrogens (tertiary/aromatic N) is 2. The Morgan fingerprint density at radius 2 is 2.10 bits per heavy atom. The molecule has 1 aromatic rings. The number of anilines is 1. The second-order valence-corrected chi connectivity index (χ2v) is 8.04. The second kappa shape index (κ2) is 6.11. The SMILES string of the molecule is CC(C)(CNc1cnn(CCO)c(=O)c1Cl)S(C)(=O)=O. The van der Waals surface area contributed by atoms with Gasteiger partial charge in [-0.3, -0.25) is 4.79 Å². The number of halogens is 1. The predicted molar refractivity (Wildman–Crippen MR) is 78.0 cm³/mol. The third-order valence-corrected chi connectivity index (χ3v) is 5.52. The summed E-state index contributed by atoms with van der Waals surface area (Å²) in [6.07, 6.45) is 2.48. The Hall–Kier alpha value is -1.12. The first kappa shape index (κ1) is 16.9. The zero-order valence-corrected chi connectivity index (χ0v) is 13.1. The molecule has 0 bridgehead atoms. The van der Waals surface area contributed by atoms with E-state index in [1.807, 2.05) is 0 Å². The standard InChI is InChI=1S/C11H18ClN3O4S/c1-11(2,20(3,18)19)7-13-8-6-14-15(4-5-16)10(17)9(8)12/h6,13,16H,4-5,7H2,1-3H3. The molecule has 0 fully saturated rings. The molecule has 0 radical (unpaired) electrons.